The zero-order valence-electron chi connectivity index (χ0n) is 15.3. The first kappa shape index (κ1) is 18.2. The van der Waals surface area contributed by atoms with Crippen LogP contribution in [0.3, 0.4) is 0 Å². The minimum Gasteiger partial charge on any atom is -0.490 e. The summed E-state index contributed by atoms with van der Waals surface area (Å²) in [6, 6.07) is 7.32. The second-order valence-corrected chi connectivity index (χ2v) is 6.73. The highest BCUT2D eigenvalue weighted by Crippen LogP contribution is 2.32. The summed E-state index contributed by atoms with van der Waals surface area (Å²) >= 11 is 1.35. The molecule has 0 saturated heterocycles. The van der Waals surface area contributed by atoms with Crippen LogP contribution in [0.25, 0.3) is 4.96 Å². The van der Waals surface area contributed by atoms with Crippen molar-refractivity contribution in [2.45, 2.75) is 33.7 Å². The zero-order chi connectivity index (χ0) is 18.7. The van der Waals surface area contributed by atoms with Gasteiger partial charge >= 0.3 is 0 Å². The van der Waals surface area contributed by atoms with Crippen molar-refractivity contribution in [3.63, 3.8) is 0 Å². The number of hydrogen-bond acceptors (Lipinski definition) is 7. The molecule has 3 aromatic rings. The van der Waals surface area contributed by atoms with Gasteiger partial charge in [-0.2, -0.15) is 4.52 Å². The minimum atomic E-state index is -0.177. The molecule has 138 valence electrons. The highest BCUT2D eigenvalue weighted by molar-refractivity contribution is 7.20. The third kappa shape index (κ3) is 3.80. The first-order chi connectivity index (χ1) is 12.5. The van der Waals surface area contributed by atoms with Crippen LogP contribution in [-0.2, 0) is 0 Å². The summed E-state index contributed by atoms with van der Waals surface area (Å²) < 4.78 is 12.6. The molecule has 2 heterocycles. The summed E-state index contributed by atoms with van der Waals surface area (Å²) in [5.41, 5.74) is 1.54. The van der Waals surface area contributed by atoms with Crippen LogP contribution in [0.5, 0.6) is 11.5 Å². The van der Waals surface area contributed by atoms with Gasteiger partial charge < -0.3 is 14.8 Å². The van der Waals surface area contributed by atoms with E-state index in [0.29, 0.717) is 29.0 Å². The predicted molar refractivity (Wildman–Crippen MR) is 103 cm³/mol. The molecule has 0 aliphatic heterocycles. The maximum absolute atomic E-state index is 12.0. The van der Waals surface area contributed by atoms with Crippen LogP contribution in [0.2, 0.25) is 0 Å². The Labute approximate surface area is 155 Å². The number of nitrogens with zero attached hydrogens (tertiary/aromatic N) is 3. The quantitative estimate of drug-likeness (QED) is 0.683. The first-order valence-corrected chi connectivity index (χ1v) is 9.37. The molecule has 1 N–H and O–H groups in total. The Balaban J connectivity index is 1.85. The molecule has 0 aliphatic rings. The maximum atomic E-state index is 12.0. The fraction of sp³-hybridized carbons (Fsp3) is 0.389. The molecular weight excluding hydrogens is 352 g/mol. The molecule has 1 atom stereocenters. The molecule has 0 spiro atoms. The molecule has 0 unspecified atom stereocenters. The van der Waals surface area contributed by atoms with Crippen molar-refractivity contribution >= 4 is 21.4 Å². The Morgan fingerprint density at radius 3 is 2.65 bits per heavy atom. The SMILES string of the molecule is CCOc1ccc([C@@H](C)Nc2nn3c(=O)cc(C)nc3s2)cc1OCC. The monoisotopic (exact) mass is 374 g/mol. The summed E-state index contributed by atoms with van der Waals surface area (Å²) in [5.74, 6) is 1.45. The van der Waals surface area contributed by atoms with E-state index in [1.54, 1.807) is 6.92 Å². The van der Waals surface area contributed by atoms with Crippen LogP contribution in [-0.4, -0.2) is 27.8 Å². The molecule has 7 nitrogen and oxygen atoms in total. The molecule has 26 heavy (non-hydrogen) atoms. The Kier molecular flexibility index (Phi) is 5.41. The second-order valence-electron chi connectivity index (χ2n) is 5.78. The largest absolute Gasteiger partial charge is 0.490 e. The molecule has 3 rings (SSSR count). The van der Waals surface area contributed by atoms with Gasteiger partial charge in [0.2, 0.25) is 10.1 Å². The van der Waals surface area contributed by atoms with Crippen molar-refractivity contribution in [1.82, 2.24) is 14.6 Å². The van der Waals surface area contributed by atoms with Crippen LogP contribution in [0, 0.1) is 6.92 Å². The molecule has 2 aromatic heterocycles. The number of ether oxygens (including phenoxy) is 2. The number of benzene rings is 1. The number of fused-ring (bicyclic) bond motifs is 1. The Morgan fingerprint density at radius 1 is 1.19 bits per heavy atom. The van der Waals surface area contributed by atoms with Gasteiger partial charge in [-0.3, -0.25) is 4.79 Å². The summed E-state index contributed by atoms with van der Waals surface area (Å²) in [6.07, 6.45) is 0. The van der Waals surface area contributed by atoms with Gasteiger partial charge in [-0.05, 0) is 45.4 Å². The van der Waals surface area contributed by atoms with Crippen molar-refractivity contribution in [2.75, 3.05) is 18.5 Å². The van der Waals surface area contributed by atoms with E-state index in [-0.39, 0.29) is 11.6 Å². The zero-order valence-corrected chi connectivity index (χ0v) is 16.1. The van der Waals surface area contributed by atoms with Crippen molar-refractivity contribution in [1.29, 1.82) is 0 Å². The second kappa shape index (κ2) is 7.74. The number of nitrogens with one attached hydrogen (secondary N) is 1. The fourth-order valence-electron chi connectivity index (χ4n) is 2.58. The van der Waals surface area contributed by atoms with Crippen LogP contribution in [0.1, 0.15) is 38.1 Å². The highest BCUT2D eigenvalue weighted by Gasteiger charge is 2.14. The molecular formula is C18H22N4O3S. The summed E-state index contributed by atoms with van der Waals surface area (Å²) in [5, 5.41) is 8.28. The molecule has 0 saturated carbocycles. The number of hydrogen-bond donors (Lipinski definition) is 1. The van der Waals surface area contributed by atoms with Crippen LogP contribution in [0.15, 0.2) is 29.1 Å². The number of aryl methyl sites for hydroxylation is 1. The normalized spacial score (nSPS) is 12.2. The molecule has 0 amide bonds. The maximum Gasteiger partial charge on any atom is 0.275 e. The highest BCUT2D eigenvalue weighted by atomic mass is 32.1. The first-order valence-electron chi connectivity index (χ1n) is 8.55. The smallest absolute Gasteiger partial charge is 0.275 e. The van der Waals surface area contributed by atoms with Gasteiger partial charge in [0.1, 0.15) is 0 Å². The Morgan fingerprint density at radius 2 is 1.92 bits per heavy atom. The third-order valence-corrected chi connectivity index (χ3v) is 4.62. The molecule has 0 fully saturated rings. The number of rotatable bonds is 7. The molecule has 0 bridgehead atoms. The van der Waals surface area contributed by atoms with Crippen molar-refractivity contribution in [3.8, 4) is 11.5 Å². The molecule has 8 heteroatoms. The van der Waals surface area contributed by atoms with E-state index in [2.05, 4.69) is 15.4 Å². The molecule has 0 radical (unpaired) electrons. The number of anilines is 1. The Hall–Kier alpha value is -2.61. The van der Waals surface area contributed by atoms with E-state index < -0.39 is 0 Å². The van der Waals surface area contributed by atoms with Gasteiger partial charge in [0.25, 0.3) is 5.56 Å². The van der Waals surface area contributed by atoms with Crippen LogP contribution < -0.4 is 20.3 Å². The van der Waals surface area contributed by atoms with Gasteiger partial charge in [-0.15, -0.1) is 5.10 Å². The van der Waals surface area contributed by atoms with E-state index in [1.165, 1.54) is 21.9 Å². The molecule has 1 aromatic carbocycles. The predicted octanol–water partition coefficient (Wildman–Crippen LogP) is 3.43. The number of aromatic nitrogens is 3. The van der Waals surface area contributed by atoms with Gasteiger partial charge in [-0.1, -0.05) is 17.4 Å². The fourth-order valence-corrected chi connectivity index (χ4v) is 3.52. The lowest BCUT2D eigenvalue weighted by molar-refractivity contribution is 0.287. The van der Waals surface area contributed by atoms with Gasteiger partial charge in [0.05, 0.1) is 19.3 Å². The summed E-state index contributed by atoms with van der Waals surface area (Å²) in [6.45, 7) is 8.86. The summed E-state index contributed by atoms with van der Waals surface area (Å²) in [4.78, 5) is 16.9. The van der Waals surface area contributed by atoms with Gasteiger partial charge in [0.15, 0.2) is 11.5 Å². The van der Waals surface area contributed by atoms with E-state index in [0.717, 1.165) is 17.1 Å². The minimum absolute atomic E-state index is 0.0257. The third-order valence-electron chi connectivity index (χ3n) is 3.78. The lowest BCUT2D eigenvalue weighted by Gasteiger charge is -2.16. The van der Waals surface area contributed by atoms with Gasteiger partial charge in [0, 0.05) is 11.8 Å². The average molecular weight is 374 g/mol. The topological polar surface area (TPSA) is 77.8 Å². The Bertz CT molecular complexity index is 967. The van der Waals surface area contributed by atoms with Gasteiger partial charge in [-0.25, -0.2) is 4.98 Å². The van der Waals surface area contributed by atoms with E-state index in [4.69, 9.17) is 9.47 Å². The van der Waals surface area contributed by atoms with Crippen LogP contribution >= 0.6 is 11.3 Å². The van der Waals surface area contributed by atoms with E-state index >= 15 is 0 Å². The van der Waals surface area contributed by atoms with Crippen molar-refractivity contribution in [3.05, 3.63) is 45.9 Å². The lowest BCUT2D eigenvalue weighted by atomic mass is 10.1. The summed E-state index contributed by atoms with van der Waals surface area (Å²) in [7, 11) is 0. The van der Waals surface area contributed by atoms with Crippen molar-refractivity contribution in [2.24, 2.45) is 0 Å². The molecule has 0 aliphatic carbocycles. The van der Waals surface area contributed by atoms with E-state index in [9.17, 15) is 4.79 Å². The van der Waals surface area contributed by atoms with Crippen molar-refractivity contribution < 1.29 is 9.47 Å². The average Bonchev–Trinajstić information content (AvgIpc) is 2.99. The standard InChI is InChI=1S/C18H22N4O3S/c1-5-24-14-8-7-13(10-15(14)25-6-2)12(4)20-17-21-22-16(23)9-11(3)19-18(22)26-17/h7-10,12H,5-6H2,1-4H3,(H,20,21)/t12-/m1/s1. The lowest BCUT2D eigenvalue weighted by Crippen LogP contribution is -2.15. The van der Waals surface area contributed by atoms with E-state index in [1.807, 2.05) is 39.0 Å². The van der Waals surface area contributed by atoms with Crippen LogP contribution in [0.4, 0.5) is 5.13 Å².